The maximum atomic E-state index is 12.0. The smallest absolute Gasteiger partial charge is 0.308 e. The number of hydrogen-bond donors (Lipinski definition) is 1. The lowest BCUT2D eigenvalue weighted by Gasteiger charge is -2.18. The number of carbonyl (C=O) groups is 1. The molecule has 0 spiro atoms. The maximum absolute atomic E-state index is 12.0. The topological polar surface area (TPSA) is 76.7 Å². The molecule has 0 unspecified atom stereocenters. The van der Waals surface area contributed by atoms with Crippen molar-refractivity contribution in [2.75, 3.05) is 0 Å². The van der Waals surface area contributed by atoms with Gasteiger partial charge in [0.25, 0.3) is 0 Å². The Hall–Kier alpha value is -4.12. The van der Waals surface area contributed by atoms with Gasteiger partial charge in [-0.05, 0) is 47.9 Å². The number of rotatable bonds is 2. The molecular weight excluding hydrogens is 380 g/mol. The van der Waals surface area contributed by atoms with Gasteiger partial charge in [0, 0.05) is 40.5 Å². The third-order valence-corrected chi connectivity index (χ3v) is 5.07. The molecule has 1 aliphatic heterocycles. The number of para-hydroxylation sites is 1. The van der Waals surface area contributed by atoms with E-state index in [1.807, 2.05) is 24.3 Å². The third kappa shape index (κ3) is 2.88. The van der Waals surface area contributed by atoms with E-state index in [1.165, 1.54) is 19.1 Å². The minimum atomic E-state index is -0.417. The second kappa shape index (κ2) is 6.74. The molecule has 0 bridgehead atoms. The zero-order valence-electron chi connectivity index (χ0n) is 16.0. The summed E-state index contributed by atoms with van der Waals surface area (Å²) < 4.78 is 11.6. The van der Waals surface area contributed by atoms with Gasteiger partial charge < -0.3 is 14.3 Å². The van der Waals surface area contributed by atoms with Crippen LogP contribution in [0.1, 0.15) is 6.92 Å². The fourth-order valence-corrected chi connectivity index (χ4v) is 3.85. The molecule has 1 N–H and O–H groups in total. The van der Waals surface area contributed by atoms with E-state index in [-0.39, 0.29) is 11.2 Å². The molecule has 5 rings (SSSR count). The van der Waals surface area contributed by atoms with Crippen LogP contribution < -0.4 is 10.2 Å². The first kappa shape index (κ1) is 17.9. The first-order valence-electron chi connectivity index (χ1n) is 9.41. The molecule has 3 aromatic rings. The maximum Gasteiger partial charge on any atom is 0.308 e. The number of ether oxygens (including phenoxy) is 1. The van der Waals surface area contributed by atoms with Crippen LogP contribution in [0.5, 0.6) is 11.5 Å². The molecule has 0 saturated carbocycles. The zero-order valence-corrected chi connectivity index (χ0v) is 16.0. The summed E-state index contributed by atoms with van der Waals surface area (Å²) in [7, 11) is 0. The van der Waals surface area contributed by atoms with Crippen molar-refractivity contribution in [3.63, 3.8) is 0 Å². The fourth-order valence-electron chi connectivity index (χ4n) is 3.85. The summed E-state index contributed by atoms with van der Waals surface area (Å²) in [5.74, 6) is 0.600. The SMILES string of the molecule is CC(=O)Oc1ccccc1-c1c2ccc(=O)cc-2oc2c1ccc1cc(O)ccc12. The Kier molecular flexibility index (Phi) is 4.03. The van der Waals surface area contributed by atoms with Crippen LogP contribution >= 0.6 is 0 Å². The molecule has 0 radical (unpaired) electrons. The van der Waals surface area contributed by atoms with Crippen molar-refractivity contribution >= 4 is 27.7 Å². The van der Waals surface area contributed by atoms with Crippen LogP contribution in [0.15, 0.2) is 82.0 Å². The molecular formula is C25H16O5. The average Bonchev–Trinajstić information content (AvgIpc) is 2.72. The summed E-state index contributed by atoms with van der Waals surface area (Å²) in [5, 5.41) is 12.3. The molecule has 146 valence electrons. The van der Waals surface area contributed by atoms with Crippen LogP contribution in [0.25, 0.3) is 44.2 Å². The Morgan fingerprint density at radius 1 is 0.900 bits per heavy atom. The highest BCUT2D eigenvalue weighted by molar-refractivity contribution is 6.13. The lowest BCUT2D eigenvalue weighted by atomic mass is 9.92. The van der Waals surface area contributed by atoms with Gasteiger partial charge in [-0.25, -0.2) is 0 Å². The Labute approximate surface area is 171 Å². The minimum Gasteiger partial charge on any atom is -0.508 e. The summed E-state index contributed by atoms with van der Waals surface area (Å²) >= 11 is 0. The molecule has 0 fully saturated rings. The Morgan fingerprint density at radius 2 is 1.70 bits per heavy atom. The zero-order chi connectivity index (χ0) is 20.8. The fraction of sp³-hybridized carbons (Fsp3) is 0.0400. The number of hydrogen-bond acceptors (Lipinski definition) is 5. The summed E-state index contributed by atoms with van der Waals surface area (Å²) in [4.78, 5) is 23.7. The molecule has 0 amide bonds. The number of aromatic hydroxyl groups is 1. The highest BCUT2D eigenvalue weighted by Crippen LogP contribution is 2.45. The van der Waals surface area contributed by atoms with Crippen molar-refractivity contribution in [1.82, 2.24) is 0 Å². The van der Waals surface area contributed by atoms with Crippen molar-refractivity contribution in [2.45, 2.75) is 6.92 Å². The lowest BCUT2D eigenvalue weighted by molar-refractivity contribution is -0.131. The van der Waals surface area contributed by atoms with Crippen molar-refractivity contribution in [3.05, 3.63) is 83.0 Å². The van der Waals surface area contributed by atoms with Gasteiger partial charge in [0.1, 0.15) is 22.8 Å². The van der Waals surface area contributed by atoms with E-state index in [2.05, 4.69) is 0 Å². The standard InChI is InChI=1S/C25H16O5/c1-14(26)29-22-5-3-2-4-19(22)24-20-11-8-17(28)13-23(20)30-25-18-10-7-16(27)12-15(18)6-9-21(24)25/h2-13,27H,1H3. The van der Waals surface area contributed by atoms with E-state index in [9.17, 15) is 14.7 Å². The van der Waals surface area contributed by atoms with E-state index >= 15 is 0 Å². The van der Waals surface area contributed by atoms with Crippen molar-refractivity contribution in [3.8, 4) is 33.9 Å². The van der Waals surface area contributed by atoms with Gasteiger partial charge in [0.05, 0.1) is 0 Å². The monoisotopic (exact) mass is 396 g/mol. The lowest BCUT2D eigenvalue weighted by Crippen LogP contribution is -2.04. The summed E-state index contributed by atoms with van der Waals surface area (Å²) in [6.45, 7) is 1.36. The van der Waals surface area contributed by atoms with Crippen LogP contribution in [0.2, 0.25) is 0 Å². The molecule has 5 nitrogen and oxygen atoms in total. The van der Waals surface area contributed by atoms with E-state index in [0.29, 0.717) is 17.1 Å². The van der Waals surface area contributed by atoms with Crippen LogP contribution in [0.3, 0.4) is 0 Å². The molecule has 0 saturated heterocycles. The second-order valence-electron chi connectivity index (χ2n) is 7.07. The summed E-state index contributed by atoms with van der Waals surface area (Å²) in [5.41, 5.74) is 2.68. The van der Waals surface area contributed by atoms with Gasteiger partial charge in [-0.3, -0.25) is 9.59 Å². The van der Waals surface area contributed by atoms with Gasteiger partial charge in [-0.2, -0.15) is 0 Å². The number of carbonyl (C=O) groups excluding carboxylic acids is 1. The van der Waals surface area contributed by atoms with Crippen LogP contribution in [-0.4, -0.2) is 11.1 Å². The van der Waals surface area contributed by atoms with E-state index < -0.39 is 5.97 Å². The highest BCUT2D eigenvalue weighted by atomic mass is 16.5. The van der Waals surface area contributed by atoms with E-state index in [0.717, 1.165) is 32.8 Å². The third-order valence-electron chi connectivity index (χ3n) is 5.07. The van der Waals surface area contributed by atoms with Crippen molar-refractivity contribution in [2.24, 2.45) is 0 Å². The number of phenols is 1. The molecule has 1 heterocycles. The molecule has 2 aliphatic rings. The molecule has 0 aromatic heterocycles. The Balaban J connectivity index is 1.97. The first-order valence-corrected chi connectivity index (χ1v) is 9.41. The Morgan fingerprint density at radius 3 is 2.53 bits per heavy atom. The van der Waals surface area contributed by atoms with E-state index in [4.69, 9.17) is 9.15 Å². The van der Waals surface area contributed by atoms with Crippen LogP contribution in [0, 0.1) is 0 Å². The number of phenolic OH excluding ortho intramolecular Hbond substituents is 1. The normalized spacial score (nSPS) is 11.2. The van der Waals surface area contributed by atoms with Gasteiger partial charge in [-0.1, -0.05) is 24.3 Å². The van der Waals surface area contributed by atoms with Gasteiger partial charge in [0.2, 0.25) is 0 Å². The second-order valence-corrected chi connectivity index (χ2v) is 7.07. The first-order chi connectivity index (χ1) is 14.5. The predicted molar refractivity (Wildman–Crippen MR) is 115 cm³/mol. The molecule has 3 aromatic carbocycles. The highest BCUT2D eigenvalue weighted by Gasteiger charge is 2.21. The predicted octanol–water partition coefficient (Wildman–Crippen LogP) is 5.35. The van der Waals surface area contributed by atoms with Gasteiger partial charge >= 0.3 is 5.97 Å². The van der Waals surface area contributed by atoms with Crippen molar-refractivity contribution in [1.29, 1.82) is 0 Å². The molecule has 0 atom stereocenters. The van der Waals surface area contributed by atoms with Gasteiger partial charge in [-0.15, -0.1) is 0 Å². The average molecular weight is 396 g/mol. The van der Waals surface area contributed by atoms with Crippen LogP contribution in [-0.2, 0) is 4.79 Å². The molecule has 1 aliphatic carbocycles. The number of benzene rings is 4. The molecule has 5 heteroatoms. The number of esters is 1. The van der Waals surface area contributed by atoms with Crippen molar-refractivity contribution < 1.29 is 19.1 Å². The largest absolute Gasteiger partial charge is 0.508 e. The van der Waals surface area contributed by atoms with Gasteiger partial charge in [0.15, 0.2) is 5.43 Å². The minimum absolute atomic E-state index is 0.157. The van der Waals surface area contributed by atoms with Crippen LogP contribution in [0.4, 0.5) is 0 Å². The summed E-state index contributed by atoms with van der Waals surface area (Å²) in [6.07, 6.45) is 0. The number of fused-ring (bicyclic) bond motifs is 4. The summed E-state index contributed by atoms with van der Waals surface area (Å²) in [6, 6.07) is 20.8. The Bertz CT molecular complexity index is 1480. The van der Waals surface area contributed by atoms with E-state index in [1.54, 1.807) is 36.4 Å². The quantitative estimate of drug-likeness (QED) is 0.188. The molecule has 30 heavy (non-hydrogen) atoms.